The Morgan fingerprint density at radius 1 is 1.32 bits per heavy atom. The summed E-state index contributed by atoms with van der Waals surface area (Å²) < 4.78 is 11.4. The largest absolute Gasteiger partial charge is 0.486 e. The number of para-hydroxylation sites is 2. The van der Waals surface area contributed by atoms with Crippen molar-refractivity contribution in [3.63, 3.8) is 0 Å². The molecule has 1 N–H and O–H groups in total. The van der Waals surface area contributed by atoms with Crippen LogP contribution in [0.25, 0.3) is 0 Å². The van der Waals surface area contributed by atoms with E-state index < -0.39 is 0 Å². The molecule has 0 spiro atoms. The Bertz CT molecular complexity index is 451. The van der Waals surface area contributed by atoms with Crippen LogP contribution in [0.1, 0.15) is 33.6 Å². The highest BCUT2D eigenvalue weighted by Gasteiger charge is 2.22. The summed E-state index contributed by atoms with van der Waals surface area (Å²) in [7, 11) is 0. The van der Waals surface area contributed by atoms with Gasteiger partial charge >= 0.3 is 0 Å². The fourth-order valence-corrected chi connectivity index (χ4v) is 1.98. The van der Waals surface area contributed by atoms with Crippen molar-refractivity contribution in [2.45, 2.75) is 45.3 Å². The van der Waals surface area contributed by atoms with Gasteiger partial charge in [0.2, 0.25) is 5.91 Å². The number of carbonyl (C=O) groups is 1. The molecule has 0 bridgehead atoms. The topological polar surface area (TPSA) is 47.6 Å². The molecule has 1 heterocycles. The Balaban J connectivity index is 1.81. The molecule has 19 heavy (non-hydrogen) atoms. The number of ether oxygens (including phenoxy) is 2. The molecular weight excluding hydrogens is 242 g/mol. The lowest BCUT2D eigenvalue weighted by Gasteiger charge is -2.27. The molecule has 0 fully saturated rings. The van der Waals surface area contributed by atoms with Gasteiger partial charge in [-0.3, -0.25) is 4.79 Å². The van der Waals surface area contributed by atoms with Crippen molar-refractivity contribution in [1.29, 1.82) is 0 Å². The van der Waals surface area contributed by atoms with Gasteiger partial charge in [-0.25, -0.2) is 0 Å². The molecule has 1 amide bonds. The van der Waals surface area contributed by atoms with E-state index in [9.17, 15) is 4.79 Å². The van der Waals surface area contributed by atoms with E-state index in [1.54, 1.807) is 0 Å². The van der Waals surface area contributed by atoms with E-state index in [4.69, 9.17) is 9.47 Å². The van der Waals surface area contributed by atoms with E-state index in [0.717, 1.165) is 11.5 Å². The van der Waals surface area contributed by atoms with Crippen LogP contribution in [0.2, 0.25) is 0 Å². The Morgan fingerprint density at radius 2 is 2.00 bits per heavy atom. The lowest BCUT2D eigenvalue weighted by atomic mass is 10.1. The Morgan fingerprint density at radius 3 is 2.68 bits per heavy atom. The molecule has 1 aromatic rings. The molecule has 0 aromatic heterocycles. The SMILES string of the molecule is CC(C)(C)NC(=O)CC[C@H]1COc2ccccc2O1. The van der Waals surface area contributed by atoms with Crippen molar-refractivity contribution >= 4 is 5.91 Å². The van der Waals surface area contributed by atoms with Crippen LogP contribution < -0.4 is 14.8 Å². The summed E-state index contributed by atoms with van der Waals surface area (Å²) in [5.41, 5.74) is -0.187. The number of rotatable bonds is 3. The van der Waals surface area contributed by atoms with Crippen LogP contribution in [0.5, 0.6) is 11.5 Å². The molecular formula is C15H21NO3. The van der Waals surface area contributed by atoms with Gasteiger partial charge in [-0.2, -0.15) is 0 Å². The molecule has 0 aliphatic carbocycles. The maximum atomic E-state index is 11.7. The highest BCUT2D eigenvalue weighted by molar-refractivity contribution is 5.76. The summed E-state index contributed by atoms with van der Waals surface area (Å²) in [6, 6.07) is 7.60. The van der Waals surface area contributed by atoms with E-state index in [0.29, 0.717) is 19.4 Å². The normalized spacial score (nSPS) is 17.9. The minimum atomic E-state index is -0.187. The number of benzene rings is 1. The number of nitrogens with one attached hydrogen (secondary N) is 1. The molecule has 1 aliphatic heterocycles. The van der Waals surface area contributed by atoms with Crippen molar-refractivity contribution < 1.29 is 14.3 Å². The number of fused-ring (bicyclic) bond motifs is 1. The van der Waals surface area contributed by atoms with Gasteiger partial charge < -0.3 is 14.8 Å². The van der Waals surface area contributed by atoms with Gasteiger partial charge in [0.1, 0.15) is 12.7 Å². The number of carbonyl (C=O) groups excluding carboxylic acids is 1. The van der Waals surface area contributed by atoms with Gasteiger partial charge in [0.15, 0.2) is 11.5 Å². The lowest BCUT2D eigenvalue weighted by Crippen LogP contribution is -2.41. The number of amides is 1. The van der Waals surface area contributed by atoms with Crippen molar-refractivity contribution in [1.82, 2.24) is 5.32 Å². The van der Waals surface area contributed by atoms with Gasteiger partial charge in [-0.05, 0) is 39.3 Å². The average Bonchev–Trinajstić information content (AvgIpc) is 2.34. The average molecular weight is 263 g/mol. The number of hydrogen-bond donors (Lipinski definition) is 1. The van der Waals surface area contributed by atoms with Crippen LogP contribution in [0, 0.1) is 0 Å². The smallest absolute Gasteiger partial charge is 0.220 e. The van der Waals surface area contributed by atoms with E-state index in [1.165, 1.54) is 0 Å². The van der Waals surface area contributed by atoms with E-state index >= 15 is 0 Å². The molecule has 104 valence electrons. The maximum Gasteiger partial charge on any atom is 0.220 e. The second-order valence-electron chi connectivity index (χ2n) is 5.83. The van der Waals surface area contributed by atoms with Crippen LogP contribution in [-0.2, 0) is 4.79 Å². The van der Waals surface area contributed by atoms with Crippen LogP contribution in [0.15, 0.2) is 24.3 Å². The first kappa shape index (κ1) is 13.7. The zero-order valence-corrected chi connectivity index (χ0v) is 11.7. The molecule has 1 aliphatic rings. The molecule has 2 rings (SSSR count). The van der Waals surface area contributed by atoms with Gasteiger partial charge in [0.25, 0.3) is 0 Å². The van der Waals surface area contributed by atoms with Crippen LogP contribution in [0.3, 0.4) is 0 Å². The molecule has 4 heteroatoms. The molecule has 4 nitrogen and oxygen atoms in total. The minimum Gasteiger partial charge on any atom is -0.486 e. The third-order valence-corrected chi connectivity index (χ3v) is 2.78. The second-order valence-corrected chi connectivity index (χ2v) is 5.83. The minimum absolute atomic E-state index is 0.0509. The predicted octanol–water partition coefficient (Wildman–Crippen LogP) is 2.52. The van der Waals surface area contributed by atoms with E-state index in [-0.39, 0.29) is 17.6 Å². The molecule has 0 radical (unpaired) electrons. The van der Waals surface area contributed by atoms with Crippen LogP contribution in [0.4, 0.5) is 0 Å². The summed E-state index contributed by atoms with van der Waals surface area (Å²) in [5, 5.41) is 2.94. The monoisotopic (exact) mass is 263 g/mol. The maximum absolute atomic E-state index is 11.7. The number of hydrogen-bond acceptors (Lipinski definition) is 3. The van der Waals surface area contributed by atoms with Gasteiger partial charge in [-0.15, -0.1) is 0 Å². The van der Waals surface area contributed by atoms with E-state index in [1.807, 2.05) is 45.0 Å². The molecule has 0 saturated heterocycles. The Labute approximate surface area is 114 Å². The highest BCUT2D eigenvalue weighted by Crippen LogP contribution is 2.31. The summed E-state index contributed by atoms with van der Waals surface area (Å²) in [4.78, 5) is 11.7. The fraction of sp³-hybridized carbons (Fsp3) is 0.533. The zero-order valence-electron chi connectivity index (χ0n) is 11.7. The molecule has 0 unspecified atom stereocenters. The van der Waals surface area contributed by atoms with Gasteiger partial charge in [-0.1, -0.05) is 12.1 Å². The van der Waals surface area contributed by atoms with Crippen molar-refractivity contribution in [3.05, 3.63) is 24.3 Å². The molecule has 1 aromatic carbocycles. The standard InChI is InChI=1S/C15H21NO3/c1-15(2,3)16-14(17)9-8-11-10-18-12-6-4-5-7-13(12)19-11/h4-7,11H,8-10H2,1-3H3,(H,16,17)/t11-/m0/s1. The van der Waals surface area contributed by atoms with Crippen molar-refractivity contribution in [2.24, 2.45) is 0 Å². The van der Waals surface area contributed by atoms with Gasteiger partial charge in [0.05, 0.1) is 0 Å². The first-order valence-corrected chi connectivity index (χ1v) is 6.63. The van der Waals surface area contributed by atoms with Crippen LogP contribution >= 0.6 is 0 Å². The molecule has 0 saturated carbocycles. The van der Waals surface area contributed by atoms with Crippen LogP contribution in [-0.4, -0.2) is 24.2 Å². The van der Waals surface area contributed by atoms with E-state index in [2.05, 4.69) is 5.32 Å². The third-order valence-electron chi connectivity index (χ3n) is 2.78. The van der Waals surface area contributed by atoms with Gasteiger partial charge in [0, 0.05) is 12.0 Å². The zero-order chi connectivity index (χ0) is 13.9. The predicted molar refractivity (Wildman–Crippen MR) is 73.5 cm³/mol. The Hall–Kier alpha value is -1.71. The summed E-state index contributed by atoms with van der Waals surface area (Å²) >= 11 is 0. The first-order valence-electron chi connectivity index (χ1n) is 6.63. The lowest BCUT2D eigenvalue weighted by molar-refractivity contribution is -0.123. The highest BCUT2D eigenvalue weighted by atomic mass is 16.6. The summed E-state index contributed by atoms with van der Waals surface area (Å²) in [6.07, 6.45) is 1.06. The van der Waals surface area contributed by atoms with Crippen molar-refractivity contribution in [2.75, 3.05) is 6.61 Å². The Kier molecular flexibility index (Phi) is 3.98. The first-order chi connectivity index (χ1) is 8.94. The summed E-state index contributed by atoms with van der Waals surface area (Å²) in [6.45, 7) is 6.42. The van der Waals surface area contributed by atoms with Crippen molar-refractivity contribution in [3.8, 4) is 11.5 Å². The summed E-state index contributed by atoms with van der Waals surface area (Å²) in [5.74, 6) is 1.59. The quantitative estimate of drug-likeness (QED) is 0.911. The third kappa shape index (κ3) is 4.16. The second kappa shape index (κ2) is 5.51. The fourth-order valence-electron chi connectivity index (χ4n) is 1.98. The molecule has 1 atom stereocenters.